The van der Waals surface area contributed by atoms with Gasteiger partial charge in [-0.2, -0.15) is 0 Å². The second-order valence-corrected chi connectivity index (χ2v) is 6.04. The molecule has 0 saturated carbocycles. The molecule has 3 atom stereocenters. The normalized spacial score (nSPS) is 26.9. The van der Waals surface area contributed by atoms with E-state index in [1.165, 1.54) is 0 Å². The summed E-state index contributed by atoms with van der Waals surface area (Å²) in [5, 5.41) is 0. The highest BCUT2D eigenvalue weighted by Crippen LogP contribution is 2.21. The minimum Gasteiger partial charge on any atom is -0.375 e. The maximum atomic E-state index is 12.6. The first kappa shape index (κ1) is 15.5. The van der Waals surface area contributed by atoms with E-state index in [0.717, 1.165) is 25.0 Å². The zero-order valence-corrected chi connectivity index (χ0v) is 12.8. The number of carbonyl (C=O) groups is 1. The summed E-state index contributed by atoms with van der Waals surface area (Å²) < 4.78 is 11.5. The van der Waals surface area contributed by atoms with Crippen LogP contribution in [0.3, 0.4) is 0 Å². The lowest BCUT2D eigenvalue weighted by Crippen LogP contribution is -2.54. The topological polar surface area (TPSA) is 64.8 Å². The third-order valence-corrected chi connectivity index (χ3v) is 4.40. The second kappa shape index (κ2) is 7.22. The third-order valence-electron chi connectivity index (χ3n) is 4.40. The summed E-state index contributed by atoms with van der Waals surface area (Å²) in [6.07, 6.45) is 2.78. The average Bonchev–Trinajstić information content (AvgIpc) is 3.10. The first-order chi connectivity index (χ1) is 10.7. The quantitative estimate of drug-likeness (QED) is 0.900. The average molecular weight is 304 g/mol. The highest BCUT2D eigenvalue weighted by molar-refractivity contribution is 5.82. The van der Waals surface area contributed by atoms with E-state index in [1.807, 2.05) is 35.2 Å². The fourth-order valence-corrected chi connectivity index (χ4v) is 3.19. The Morgan fingerprint density at radius 1 is 1.23 bits per heavy atom. The molecule has 2 N–H and O–H groups in total. The third kappa shape index (κ3) is 3.66. The number of ether oxygens (including phenoxy) is 2. The zero-order chi connectivity index (χ0) is 15.4. The van der Waals surface area contributed by atoms with E-state index in [1.54, 1.807) is 0 Å². The van der Waals surface area contributed by atoms with Gasteiger partial charge in [-0.05, 0) is 24.8 Å². The number of benzene rings is 1. The Balaban J connectivity index is 1.56. The van der Waals surface area contributed by atoms with E-state index in [-0.39, 0.29) is 18.1 Å². The van der Waals surface area contributed by atoms with Crippen molar-refractivity contribution in [1.29, 1.82) is 0 Å². The van der Waals surface area contributed by atoms with Crippen molar-refractivity contribution in [1.82, 2.24) is 4.90 Å². The number of morpholine rings is 1. The van der Waals surface area contributed by atoms with E-state index >= 15 is 0 Å². The Labute approximate surface area is 131 Å². The maximum Gasteiger partial charge on any atom is 0.239 e. The molecule has 0 aliphatic carbocycles. The highest BCUT2D eigenvalue weighted by Gasteiger charge is 2.34. The first-order valence-corrected chi connectivity index (χ1v) is 8.05. The molecule has 2 saturated heterocycles. The molecule has 5 nitrogen and oxygen atoms in total. The van der Waals surface area contributed by atoms with Crippen molar-refractivity contribution in [2.75, 3.05) is 26.3 Å². The van der Waals surface area contributed by atoms with Crippen LogP contribution in [0.5, 0.6) is 0 Å². The lowest BCUT2D eigenvalue weighted by molar-refractivity contribution is -0.146. The van der Waals surface area contributed by atoms with Crippen LogP contribution in [0.2, 0.25) is 0 Å². The van der Waals surface area contributed by atoms with Gasteiger partial charge < -0.3 is 20.1 Å². The van der Waals surface area contributed by atoms with Gasteiger partial charge in [-0.15, -0.1) is 0 Å². The highest BCUT2D eigenvalue weighted by atomic mass is 16.5. The van der Waals surface area contributed by atoms with Crippen LogP contribution in [-0.4, -0.2) is 55.4 Å². The fraction of sp³-hybridized carbons (Fsp3) is 0.588. The molecule has 0 radical (unpaired) electrons. The molecule has 0 unspecified atom stereocenters. The minimum atomic E-state index is -0.495. The number of hydrogen-bond acceptors (Lipinski definition) is 4. The van der Waals surface area contributed by atoms with Crippen LogP contribution in [-0.2, 0) is 20.7 Å². The van der Waals surface area contributed by atoms with Crippen molar-refractivity contribution in [3.8, 4) is 0 Å². The smallest absolute Gasteiger partial charge is 0.239 e. The summed E-state index contributed by atoms with van der Waals surface area (Å²) >= 11 is 0. The van der Waals surface area contributed by atoms with Crippen molar-refractivity contribution in [2.24, 2.45) is 5.73 Å². The summed E-state index contributed by atoms with van der Waals surface area (Å²) in [5.74, 6) is 0.00940. The van der Waals surface area contributed by atoms with Gasteiger partial charge in [0.15, 0.2) is 0 Å². The van der Waals surface area contributed by atoms with Gasteiger partial charge in [-0.25, -0.2) is 0 Å². The lowest BCUT2D eigenvalue weighted by Gasteiger charge is -2.36. The van der Waals surface area contributed by atoms with E-state index in [0.29, 0.717) is 26.1 Å². The monoisotopic (exact) mass is 304 g/mol. The standard InChI is InChI=1S/C17H24N2O3/c18-14(11-13-5-2-1-3-6-13)17(20)19-8-10-22-16(12-19)15-7-4-9-21-15/h1-3,5-6,14-16H,4,7-12,18H2/t14-,15+,16-/m0/s1. The van der Waals surface area contributed by atoms with Crippen LogP contribution in [0.15, 0.2) is 30.3 Å². The molecule has 22 heavy (non-hydrogen) atoms. The molecule has 2 aliphatic rings. The Morgan fingerprint density at radius 3 is 2.73 bits per heavy atom. The molecule has 1 aromatic carbocycles. The molecule has 2 fully saturated rings. The van der Waals surface area contributed by atoms with E-state index in [2.05, 4.69) is 0 Å². The van der Waals surface area contributed by atoms with Gasteiger partial charge >= 0.3 is 0 Å². The Morgan fingerprint density at radius 2 is 2.00 bits per heavy atom. The Kier molecular flexibility index (Phi) is 5.08. The molecule has 0 bridgehead atoms. The number of nitrogens with two attached hydrogens (primary N) is 1. The Hall–Kier alpha value is -1.43. The van der Waals surface area contributed by atoms with Crippen molar-refractivity contribution in [3.63, 3.8) is 0 Å². The molecule has 3 rings (SSSR count). The van der Waals surface area contributed by atoms with Crippen LogP contribution < -0.4 is 5.73 Å². The van der Waals surface area contributed by atoms with Crippen molar-refractivity contribution in [3.05, 3.63) is 35.9 Å². The van der Waals surface area contributed by atoms with E-state index < -0.39 is 6.04 Å². The van der Waals surface area contributed by atoms with Crippen LogP contribution in [0.1, 0.15) is 18.4 Å². The molecule has 0 spiro atoms. The van der Waals surface area contributed by atoms with Crippen LogP contribution in [0.25, 0.3) is 0 Å². The molecule has 2 aliphatic heterocycles. The van der Waals surface area contributed by atoms with Crippen molar-refractivity contribution < 1.29 is 14.3 Å². The minimum absolute atomic E-state index is 0.00940. The number of hydrogen-bond donors (Lipinski definition) is 1. The molecule has 5 heteroatoms. The summed E-state index contributed by atoms with van der Waals surface area (Å²) in [4.78, 5) is 14.4. The predicted octanol–water partition coefficient (Wildman–Crippen LogP) is 0.963. The molecular formula is C17H24N2O3. The largest absolute Gasteiger partial charge is 0.375 e. The van der Waals surface area contributed by atoms with Crippen LogP contribution >= 0.6 is 0 Å². The van der Waals surface area contributed by atoms with E-state index in [9.17, 15) is 4.79 Å². The SMILES string of the molecule is N[C@@H](Cc1ccccc1)C(=O)N1CCO[C@H]([C@H]2CCCO2)C1. The van der Waals surface area contributed by atoms with Gasteiger partial charge in [-0.1, -0.05) is 30.3 Å². The van der Waals surface area contributed by atoms with Crippen LogP contribution in [0.4, 0.5) is 0 Å². The van der Waals surface area contributed by atoms with Gasteiger partial charge in [0.25, 0.3) is 0 Å². The fourth-order valence-electron chi connectivity index (χ4n) is 3.19. The summed E-state index contributed by atoms with van der Waals surface area (Å²) in [6.45, 7) is 2.57. The molecule has 2 heterocycles. The Bertz CT molecular complexity index is 488. The van der Waals surface area contributed by atoms with Crippen LogP contribution in [0, 0.1) is 0 Å². The molecule has 1 aromatic rings. The zero-order valence-electron chi connectivity index (χ0n) is 12.8. The van der Waals surface area contributed by atoms with Gasteiger partial charge in [0.1, 0.15) is 6.10 Å². The maximum absolute atomic E-state index is 12.6. The van der Waals surface area contributed by atoms with Gasteiger partial charge in [-0.3, -0.25) is 4.79 Å². The number of carbonyl (C=O) groups excluding carboxylic acids is 1. The number of amides is 1. The van der Waals surface area contributed by atoms with Gasteiger partial charge in [0.2, 0.25) is 5.91 Å². The summed E-state index contributed by atoms with van der Waals surface area (Å²) in [6, 6.07) is 9.41. The second-order valence-electron chi connectivity index (χ2n) is 6.04. The molecule has 1 amide bonds. The van der Waals surface area contributed by atoms with Crippen molar-refractivity contribution >= 4 is 5.91 Å². The van der Waals surface area contributed by atoms with Crippen molar-refractivity contribution in [2.45, 2.75) is 37.5 Å². The number of nitrogens with zero attached hydrogens (tertiary/aromatic N) is 1. The van der Waals surface area contributed by atoms with Gasteiger partial charge in [0.05, 0.1) is 18.8 Å². The molecule has 0 aromatic heterocycles. The lowest BCUT2D eigenvalue weighted by atomic mass is 10.0. The summed E-state index contributed by atoms with van der Waals surface area (Å²) in [7, 11) is 0. The van der Waals surface area contributed by atoms with E-state index in [4.69, 9.17) is 15.2 Å². The van der Waals surface area contributed by atoms with Gasteiger partial charge in [0, 0.05) is 19.7 Å². The first-order valence-electron chi connectivity index (χ1n) is 8.05. The predicted molar refractivity (Wildman–Crippen MR) is 83.4 cm³/mol. The molecular weight excluding hydrogens is 280 g/mol. The summed E-state index contributed by atoms with van der Waals surface area (Å²) in [5.41, 5.74) is 7.21. The molecule has 120 valence electrons. The number of rotatable bonds is 4.